The predicted octanol–water partition coefficient (Wildman–Crippen LogP) is 12.5. The van der Waals surface area contributed by atoms with E-state index >= 15 is 0 Å². The summed E-state index contributed by atoms with van der Waals surface area (Å²) in [6.45, 7) is 0. The number of hydrogen-bond acceptors (Lipinski definition) is 2. The van der Waals surface area contributed by atoms with Gasteiger partial charge in [0.2, 0.25) is 0 Å². The summed E-state index contributed by atoms with van der Waals surface area (Å²) in [6, 6.07) is 48.3. The summed E-state index contributed by atoms with van der Waals surface area (Å²) in [7, 11) is 0. The smallest absolute Gasteiger partial charge is 0.0719 e. The van der Waals surface area contributed by atoms with Crippen molar-refractivity contribution in [3.8, 4) is 33.4 Å². The highest BCUT2D eigenvalue weighted by atomic mass is 32.2. The van der Waals surface area contributed by atoms with Crippen LogP contribution in [-0.2, 0) is 5.41 Å². The van der Waals surface area contributed by atoms with Crippen LogP contribution in [0.4, 0.5) is 0 Å². The van der Waals surface area contributed by atoms with E-state index in [-0.39, 0.29) is 11.0 Å². The minimum atomic E-state index is -0.251. The minimum absolute atomic E-state index is 0.0984. The minimum Gasteiger partial charge on any atom is -0.321 e. The molecule has 0 amide bonds. The number of benzene rings is 6. The van der Waals surface area contributed by atoms with Gasteiger partial charge in [0.25, 0.3) is 0 Å². The Balaban J connectivity index is 0.980. The average Bonchev–Trinajstić information content (AvgIpc) is 3.53. The molecule has 1 saturated carbocycles. The van der Waals surface area contributed by atoms with Gasteiger partial charge in [-0.3, -0.25) is 0 Å². The zero-order chi connectivity index (χ0) is 35.3. The third-order valence-electron chi connectivity index (χ3n) is 13.8. The van der Waals surface area contributed by atoms with E-state index in [9.17, 15) is 0 Å². The molecule has 7 aliphatic rings. The Kier molecular flexibility index (Phi) is 5.78. The van der Waals surface area contributed by atoms with Gasteiger partial charge in [0.15, 0.2) is 0 Å². The van der Waals surface area contributed by atoms with Gasteiger partial charge in [-0.15, -0.1) is 11.8 Å². The third-order valence-corrected chi connectivity index (χ3v) is 15.2. The van der Waals surface area contributed by atoms with Gasteiger partial charge in [0, 0.05) is 21.6 Å². The largest absolute Gasteiger partial charge is 0.321 e. The zero-order valence-electron chi connectivity index (χ0n) is 29.9. The molecule has 0 bridgehead atoms. The third kappa shape index (κ3) is 3.71. The lowest BCUT2D eigenvalue weighted by Gasteiger charge is -2.34. The van der Waals surface area contributed by atoms with E-state index in [4.69, 9.17) is 5.73 Å². The maximum Gasteiger partial charge on any atom is 0.0719 e. The molecule has 0 saturated heterocycles. The van der Waals surface area contributed by atoms with Crippen molar-refractivity contribution in [2.24, 2.45) is 11.7 Å². The monoisotopic (exact) mass is 707 g/mol. The summed E-state index contributed by atoms with van der Waals surface area (Å²) in [5.41, 5.74) is 28.9. The van der Waals surface area contributed by atoms with Crippen LogP contribution >= 0.6 is 11.8 Å². The first-order chi connectivity index (χ1) is 26.6. The first-order valence-electron chi connectivity index (χ1n) is 19.6. The van der Waals surface area contributed by atoms with E-state index in [2.05, 4.69) is 163 Å². The molecule has 1 nitrogen and oxygen atoms in total. The molecule has 2 heteroatoms. The van der Waals surface area contributed by atoms with E-state index in [1.807, 2.05) is 0 Å². The molecule has 1 aliphatic heterocycles. The summed E-state index contributed by atoms with van der Waals surface area (Å²) < 4.78 is 0. The van der Waals surface area contributed by atoms with E-state index < -0.39 is 0 Å². The van der Waals surface area contributed by atoms with Crippen molar-refractivity contribution >= 4 is 33.7 Å². The van der Waals surface area contributed by atoms with Crippen LogP contribution in [0, 0.1) is 5.92 Å². The van der Waals surface area contributed by atoms with Crippen LogP contribution in [0.1, 0.15) is 47.9 Å². The quantitative estimate of drug-likeness (QED) is 0.198. The van der Waals surface area contributed by atoms with Gasteiger partial charge < -0.3 is 5.73 Å². The standard InChI is InChI=1S/C52H37NS/c53-51-29-34(51)26-47(51)32-22-21-31-23-33(25-40(41(31)24-32)30-11-2-1-3-12-30)35-16-10-17-39-43-27-48-42(28-49(43)54-50(35)39)38-15-6-9-20-46(38)52(48)44-18-7-4-13-36(44)37-14-5-8-19-45(37)52/h1-5,7-14,16-27,34,49H,6,15,28-29,53H2/t34?,49?,51-/m0/s1. The lowest BCUT2D eigenvalue weighted by atomic mass is 9.67. The van der Waals surface area contributed by atoms with Crippen molar-refractivity contribution in [2.75, 3.05) is 0 Å². The predicted molar refractivity (Wildman–Crippen MR) is 225 cm³/mol. The molecular formula is C52H37NS. The number of nitrogens with two attached hydrogens (primary N) is 1. The number of hydrogen-bond donors (Lipinski definition) is 1. The Morgan fingerprint density at radius 2 is 1.39 bits per heavy atom. The molecule has 2 N–H and O–H groups in total. The zero-order valence-corrected chi connectivity index (χ0v) is 30.7. The Morgan fingerprint density at radius 3 is 2.17 bits per heavy atom. The van der Waals surface area contributed by atoms with Gasteiger partial charge in [0.1, 0.15) is 0 Å². The molecule has 6 aromatic carbocycles. The first-order valence-corrected chi connectivity index (χ1v) is 20.5. The molecular weight excluding hydrogens is 671 g/mol. The summed E-state index contributed by atoms with van der Waals surface area (Å²) in [5, 5.41) is 2.97. The van der Waals surface area contributed by atoms with Crippen molar-refractivity contribution in [3.05, 3.63) is 196 Å². The lowest BCUT2D eigenvalue weighted by molar-refractivity contribution is 0.764. The summed E-state index contributed by atoms with van der Waals surface area (Å²) in [4.78, 5) is 1.42. The van der Waals surface area contributed by atoms with Crippen molar-refractivity contribution in [2.45, 2.75) is 46.8 Å². The fourth-order valence-corrected chi connectivity index (χ4v) is 12.7. The maximum absolute atomic E-state index is 6.72. The second kappa shape index (κ2) is 10.4. The van der Waals surface area contributed by atoms with Crippen molar-refractivity contribution in [1.82, 2.24) is 0 Å². The fraction of sp³-hybridized carbons (Fsp3) is 0.154. The molecule has 0 aromatic heterocycles. The molecule has 256 valence electrons. The highest BCUT2D eigenvalue weighted by Gasteiger charge is 2.59. The number of fused-ring (bicyclic) bond motifs is 13. The van der Waals surface area contributed by atoms with E-state index in [1.54, 1.807) is 11.1 Å². The first kappa shape index (κ1) is 30.0. The average molecular weight is 708 g/mol. The van der Waals surface area contributed by atoms with Gasteiger partial charge in [0.05, 0.1) is 5.41 Å². The van der Waals surface area contributed by atoms with Gasteiger partial charge in [-0.1, -0.05) is 133 Å². The van der Waals surface area contributed by atoms with Crippen molar-refractivity contribution in [3.63, 3.8) is 0 Å². The van der Waals surface area contributed by atoms with Gasteiger partial charge in [-0.05, 0) is 144 Å². The molecule has 1 spiro atoms. The topological polar surface area (TPSA) is 26.0 Å². The fourth-order valence-electron chi connectivity index (χ4n) is 11.3. The molecule has 1 fully saturated rings. The Hall–Kier alpha value is -5.41. The van der Waals surface area contributed by atoms with Gasteiger partial charge in [-0.2, -0.15) is 0 Å². The van der Waals surface area contributed by atoms with Crippen LogP contribution < -0.4 is 5.73 Å². The molecule has 13 rings (SSSR count). The van der Waals surface area contributed by atoms with Gasteiger partial charge >= 0.3 is 0 Å². The maximum atomic E-state index is 6.72. The lowest BCUT2D eigenvalue weighted by Crippen LogP contribution is -2.31. The summed E-state index contributed by atoms with van der Waals surface area (Å²) in [5.74, 6) is 0.570. The molecule has 54 heavy (non-hydrogen) atoms. The normalized spacial score (nSPS) is 24.2. The van der Waals surface area contributed by atoms with Crippen LogP contribution in [0.2, 0.25) is 0 Å². The highest BCUT2D eigenvalue weighted by Crippen LogP contribution is 2.67. The molecule has 1 heterocycles. The van der Waals surface area contributed by atoms with Crippen LogP contribution in [0.5, 0.6) is 0 Å². The second-order valence-electron chi connectivity index (χ2n) is 16.4. The molecule has 6 aliphatic carbocycles. The summed E-state index contributed by atoms with van der Waals surface area (Å²) >= 11 is 2.10. The van der Waals surface area contributed by atoms with Crippen molar-refractivity contribution in [1.29, 1.82) is 0 Å². The highest BCUT2D eigenvalue weighted by molar-refractivity contribution is 8.01. The van der Waals surface area contributed by atoms with E-state index in [0.717, 1.165) is 25.7 Å². The summed E-state index contributed by atoms with van der Waals surface area (Å²) in [6.07, 6.45) is 14.3. The Morgan fingerprint density at radius 1 is 0.630 bits per heavy atom. The van der Waals surface area contributed by atoms with E-state index in [1.165, 1.54) is 93.6 Å². The van der Waals surface area contributed by atoms with Crippen molar-refractivity contribution < 1.29 is 0 Å². The Bertz CT molecular complexity index is 2830. The molecule has 2 unspecified atom stereocenters. The SMILES string of the molecule is N[C@@]12CC1C=C2c1ccc2cc(-c3cccc4c3SC3CC5=C(C=C43)C3(C4=C5CCC=C4)c4ccccc4-c4ccccc43)cc(-c3ccccc3)c2c1. The number of allylic oxidation sites excluding steroid dienone is 7. The molecule has 0 radical (unpaired) electrons. The van der Waals surface area contributed by atoms with Crippen LogP contribution in [0.25, 0.3) is 55.3 Å². The molecule has 3 atom stereocenters. The number of rotatable bonds is 3. The Labute approximate surface area is 320 Å². The second-order valence-corrected chi connectivity index (χ2v) is 17.6. The van der Waals surface area contributed by atoms with E-state index in [0.29, 0.717) is 11.2 Å². The number of thioether (sulfide) groups is 1. The van der Waals surface area contributed by atoms with Gasteiger partial charge in [-0.25, -0.2) is 0 Å². The van der Waals surface area contributed by atoms with Crippen LogP contribution in [0.15, 0.2) is 179 Å². The van der Waals surface area contributed by atoms with Crippen LogP contribution in [-0.4, -0.2) is 10.8 Å². The molecule has 6 aromatic rings. The van der Waals surface area contributed by atoms with Crippen LogP contribution in [0.3, 0.4) is 0 Å².